The molecule has 2 N–H and O–H groups in total. The molecule has 0 radical (unpaired) electrons. The van der Waals surface area contributed by atoms with Gasteiger partial charge in [0.25, 0.3) is 0 Å². The van der Waals surface area contributed by atoms with Crippen LogP contribution in [-0.4, -0.2) is 56.0 Å². The van der Waals surface area contributed by atoms with Gasteiger partial charge in [0.2, 0.25) is 15.9 Å². The van der Waals surface area contributed by atoms with Crippen molar-refractivity contribution in [2.45, 2.75) is 12.8 Å². The van der Waals surface area contributed by atoms with E-state index in [1.54, 1.807) is 6.20 Å². The first-order valence-electron chi connectivity index (χ1n) is 8.85. The van der Waals surface area contributed by atoms with Crippen molar-refractivity contribution >= 4 is 44.1 Å². The molecule has 27 heavy (non-hydrogen) atoms. The third-order valence-corrected chi connectivity index (χ3v) is 6.28. The molecule has 1 aliphatic rings. The number of halogens is 1. The molecule has 0 atom stereocenters. The summed E-state index contributed by atoms with van der Waals surface area (Å²) < 4.78 is 24.5. The summed E-state index contributed by atoms with van der Waals surface area (Å²) >= 11 is 6.00. The Labute approximate surface area is 164 Å². The second-order valence-corrected chi connectivity index (χ2v) is 9.09. The fourth-order valence-corrected chi connectivity index (χ4v) is 4.29. The van der Waals surface area contributed by atoms with Gasteiger partial charge in [0, 0.05) is 54.4 Å². The number of pyridine rings is 1. The van der Waals surface area contributed by atoms with Crippen LogP contribution in [0.25, 0.3) is 10.9 Å². The maximum atomic E-state index is 12.3. The highest BCUT2D eigenvalue weighted by Crippen LogP contribution is 2.24. The van der Waals surface area contributed by atoms with E-state index < -0.39 is 10.0 Å². The van der Waals surface area contributed by atoms with Crippen LogP contribution < -0.4 is 10.6 Å². The summed E-state index contributed by atoms with van der Waals surface area (Å²) in [5.41, 5.74) is 1.75. The van der Waals surface area contributed by atoms with E-state index in [2.05, 4.69) is 15.6 Å². The number of carbonyl (C=O) groups is 1. The zero-order valence-corrected chi connectivity index (χ0v) is 16.7. The minimum absolute atomic E-state index is 0.0173. The van der Waals surface area contributed by atoms with E-state index in [0.717, 1.165) is 16.6 Å². The van der Waals surface area contributed by atoms with E-state index in [-0.39, 0.29) is 11.8 Å². The quantitative estimate of drug-likeness (QED) is 0.711. The number of sulfonamides is 1. The number of hydrogen-bond acceptors (Lipinski definition) is 5. The number of nitrogens with one attached hydrogen (secondary N) is 2. The van der Waals surface area contributed by atoms with Crippen molar-refractivity contribution in [2.24, 2.45) is 5.92 Å². The second kappa shape index (κ2) is 8.41. The first kappa shape index (κ1) is 19.9. The number of amides is 1. The predicted molar refractivity (Wildman–Crippen MR) is 107 cm³/mol. The minimum Gasteiger partial charge on any atom is -0.383 e. The lowest BCUT2D eigenvalue weighted by Gasteiger charge is -2.29. The number of rotatable bonds is 6. The predicted octanol–water partition coefficient (Wildman–Crippen LogP) is 2.09. The van der Waals surface area contributed by atoms with Crippen molar-refractivity contribution in [2.75, 3.05) is 37.8 Å². The monoisotopic (exact) mass is 410 g/mol. The van der Waals surface area contributed by atoms with Crippen molar-refractivity contribution in [1.82, 2.24) is 14.6 Å². The highest BCUT2D eigenvalue weighted by Gasteiger charge is 2.28. The summed E-state index contributed by atoms with van der Waals surface area (Å²) in [4.78, 5) is 16.6. The molecule has 1 amide bonds. The molecule has 2 heterocycles. The smallest absolute Gasteiger partial charge is 0.223 e. The van der Waals surface area contributed by atoms with Crippen LogP contribution in [0, 0.1) is 5.92 Å². The number of anilines is 1. The van der Waals surface area contributed by atoms with Gasteiger partial charge in [-0.15, -0.1) is 0 Å². The van der Waals surface area contributed by atoms with Gasteiger partial charge in [-0.3, -0.25) is 9.78 Å². The van der Waals surface area contributed by atoms with Gasteiger partial charge in [-0.1, -0.05) is 11.6 Å². The lowest BCUT2D eigenvalue weighted by atomic mass is 9.97. The van der Waals surface area contributed by atoms with Gasteiger partial charge in [-0.25, -0.2) is 12.7 Å². The molecule has 2 aromatic rings. The lowest BCUT2D eigenvalue weighted by molar-refractivity contribution is -0.126. The number of hydrogen-bond donors (Lipinski definition) is 2. The van der Waals surface area contributed by atoms with Gasteiger partial charge in [0.05, 0.1) is 11.8 Å². The molecular formula is C18H23ClN4O3S. The summed E-state index contributed by atoms with van der Waals surface area (Å²) in [5.74, 6) is -0.150. The van der Waals surface area contributed by atoms with Crippen LogP contribution in [0.4, 0.5) is 5.69 Å². The summed E-state index contributed by atoms with van der Waals surface area (Å²) in [6, 6.07) is 7.44. The van der Waals surface area contributed by atoms with Crippen molar-refractivity contribution < 1.29 is 13.2 Å². The lowest BCUT2D eigenvalue weighted by Crippen LogP contribution is -2.43. The molecule has 1 saturated heterocycles. The van der Waals surface area contributed by atoms with Crippen LogP contribution in [0.5, 0.6) is 0 Å². The standard InChI is InChI=1S/C18H23ClN4O3S/c1-27(25,26)23-10-5-13(6-11-23)18(24)22-9-8-21-16-4-7-20-17-12-14(19)2-3-15(16)17/h2-4,7,12-13H,5-6,8-11H2,1H3,(H,20,21)(H,22,24). The fraction of sp³-hybridized carbons (Fsp3) is 0.444. The van der Waals surface area contributed by atoms with E-state index in [0.29, 0.717) is 44.0 Å². The minimum atomic E-state index is -3.17. The van der Waals surface area contributed by atoms with Crippen molar-refractivity contribution in [3.8, 4) is 0 Å². The molecule has 1 aromatic heterocycles. The third-order valence-electron chi connectivity index (χ3n) is 4.74. The highest BCUT2D eigenvalue weighted by atomic mass is 35.5. The Bertz CT molecular complexity index is 927. The van der Waals surface area contributed by atoms with Crippen molar-refractivity contribution in [1.29, 1.82) is 0 Å². The van der Waals surface area contributed by atoms with E-state index >= 15 is 0 Å². The topological polar surface area (TPSA) is 91.4 Å². The van der Waals surface area contributed by atoms with Gasteiger partial charge in [0.1, 0.15) is 0 Å². The number of aromatic nitrogens is 1. The molecule has 9 heteroatoms. The molecule has 0 saturated carbocycles. The normalized spacial score (nSPS) is 16.4. The maximum Gasteiger partial charge on any atom is 0.223 e. The summed E-state index contributed by atoms with van der Waals surface area (Å²) in [6.07, 6.45) is 4.04. The number of piperidine rings is 1. The van der Waals surface area contributed by atoms with Crippen LogP contribution in [0.1, 0.15) is 12.8 Å². The van der Waals surface area contributed by atoms with Crippen molar-refractivity contribution in [3.05, 3.63) is 35.5 Å². The summed E-state index contributed by atoms with van der Waals surface area (Å²) in [5, 5.41) is 7.85. The maximum absolute atomic E-state index is 12.3. The average molecular weight is 411 g/mol. The van der Waals surface area contributed by atoms with E-state index in [1.807, 2.05) is 24.3 Å². The van der Waals surface area contributed by atoms with Gasteiger partial charge in [0.15, 0.2) is 0 Å². The second-order valence-electron chi connectivity index (χ2n) is 6.67. The highest BCUT2D eigenvalue weighted by molar-refractivity contribution is 7.88. The van der Waals surface area contributed by atoms with E-state index in [1.165, 1.54) is 10.6 Å². The molecule has 146 valence electrons. The van der Waals surface area contributed by atoms with Gasteiger partial charge in [-0.2, -0.15) is 0 Å². The number of carbonyl (C=O) groups excluding carboxylic acids is 1. The van der Waals surface area contributed by atoms with E-state index in [9.17, 15) is 13.2 Å². The van der Waals surface area contributed by atoms with Crippen LogP contribution in [-0.2, 0) is 14.8 Å². The Balaban J connectivity index is 1.46. The van der Waals surface area contributed by atoms with Crippen LogP contribution in [0.15, 0.2) is 30.5 Å². The zero-order valence-electron chi connectivity index (χ0n) is 15.1. The molecule has 1 fully saturated rings. The van der Waals surface area contributed by atoms with Crippen LogP contribution >= 0.6 is 11.6 Å². The fourth-order valence-electron chi connectivity index (χ4n) is 3.25. The Morgan fingerprint density at radius 2 is 2.00 bits per heavy atom. The van der Waals surface area contributed by atoms with Gasteiger partial charge >= 0.3 is 0 Å². The molecule has 7 nitrogen and oxygen atoms in total. The molecule has 0 aliphatic carbocycles. The number of nitrogens with zero attached hydrogens (tertiary/aromatic N) is 2. The first-order chi connectivity index (χ1) is 12.8. The summed E-state index contributed by atoms with van der Waals surface area (Å²) in [6.45, 7) is 1.87. The third kappa shape index (κ3) is 5.09. The van der Waals surface area contributed by atoms with E-state index in [4.69, 9.17) is 11.6 Å². The Morgan fingerprint density at radius 3 is 2.70 bits per heavy atom. The molecular weight excluding hydrogens is 388 g/mol. The summed E-state index contributed by atoms with van der Waals surface area (Å²) in [7, 11) is -3.17. The number of benzene rings is 1. The molecule has 3 rings (SSSR count). The van der Waals surface area contributed by atoms with Gasteiger partial charge < -0.3 is 10.6 Å². The number of fused-ring (bicyclic) bond motifs is 1. The molecule has 0 bridgehead atoms. The van der Waals surface area contributed by atoms with Crippen LogP contribution in [0.3, 0.4) is 0 Å². The molecule has 1 aliphatic heterocycles. The first-order valence-corrected chi connectivity index (χ1v) is 11.1. The Hall–Kier alpha value is -1.90. The van der Waals surface area contributed by atoms with Crippen molar-refractivity contribution in [3.63, 3.8) is 0 Å². The Kier molecular flexibility index (Phi) is 6.18. The Morgan fingerprint density at radius 1 is 1.26 bits per heavy atom. The molecule has 0 unspecified atom stereocenters. The molecule has 0 spiro atoms. The average Bonchev–Trinajstić information content (AvgIpc) is 2.64. The SMILES string of the molecule is CS(=O)(=O)N1CCC(C(=O)NCCNc2ccnc3cc(Cl)ccc23)CC1. The van der Waals surface area contributed by atoms with Crippen LogP contribution in [0.2, 0.25) is 5.02 Å². The molecule has 1 aromatic carbocycles. The largest absolute Gasteiger partial charge is 0.383 e. The zero-order chi connectivity index (χ0) is 19.4. The van der Waals surface area contributed by atoms with Gasteiger partial charge in [-0.05, 0) is 37.1 Å².